The molecule has 3 amide bonds. The lowest BCUT2D eigenvalue weighted by molar-refractivity contribution is -0.126. The lowest BCUT2D eigenvalue weighted by Crippen LogP contribution is -2.32. The summed E-state index contributed by atoms with van der Waals surface area (Å²) in [5, 5.41) is 20.6. The van der Waals surface area contributed by atoms with Gasteiger partial charge < -0.3 is 25.5 Å². The van der Waals surface area contributed by atoms with E-state index in [0.717, 1.165) is 5.56 Å². The topological polar surface area (TPSA) is 148 Å². The molecule has 10 heteroatoms. The SMILES string of the molecule is Cc1ccc(OCC(=O)NCC(=O)N=Nc2c(O)n(CC(N)=O)c3ccccc23)cc1. The molecular formula is C21H21N5O5. The number of fused-ring (bicyclic) bond motifs is 1. The van der Waals surface area contributed by atoms with Crippen LogP contribution in [0.3, 0.4) is 0 Å². The Hall–Kier alpha value is -4.21. The van der Waals surface area contributed by atoms with Gasteiger partial charge in [-0.2, -0.15) is 0 Å². The number of carbonyl (C=O) groups excluding carboxylic acids is 3. The van der Waals surface area contributed by atoms with Crippen LogP contribution in [0.5, 0.6) is 11.6 Å². The van der Waals surface area contributed by atoms with Gasteiger partial charge in [0.05, 0.1) is 5.52 Å². The Kier molecular flexibility index (Phi) is 6.61. The molecule has 0 unspecified atom stereocenters. The van der Waals surface area contributed by atoms with Gasteiger partial charge in [-0.05, 0) is 25.1 Å². The maximum absolute atomic E-state index is 12.0. The van der Waals surface area contributed by atoms with E-state index in [9.17, 15) is 19.5 Å². The highest BCUT2D eigenvalue weighted by molar-refractivity contribution is 5.96. The zero-order valence-electron chi connectivity index (χ0n) is 16.7. The summed E-state index contributed by atoms with van der Waals surface area (Å²) in [5.41, 5.74) is 6.83. The molecule has 1 aromatic heterocycles. The van der Waals surface area contributed by atoms with Gasteiger partial charge in [0.25, 0.3) is 11.8 Å². The van der Waals surface area contributed by atoms with Crippen LogP contribution in [-0.4, -0.2) is 40.5 Å². The van der Waals surface area contributed by atoms with Crippen molar-refractivity contribution < 1.29 is 24.2 Å². The number of nitrogens with two attached hydrogens (primary N) is 1. The summed E-state index contributed by atoms with van der Waals surface area (Å²) in [6, 6.07) is 14.0. The van der Waals surface area contributed by atoms with Crippen LogP contribution in [0, 0.1) is 6.92 Å². The normalized spacial score (nSPS) is 11.0. The number of nitrogens with zero attached hydrogens (tertiary/aromatic N) is 3. The Balaban J connectivity index is 1.60. The molecule has 0 saturated carbocycles. The van der Waals surface area contributed by atoms with Crippen LogP contribution >= 0.6 is 0 Å². The smallest absolute Gasteiger partial charge is 0.283 e. The van der Waals surface area contributed by atoms with Gasteiger partial charge in [-0.3, -0.25) is 14.4 Å². The highest BCUT2D eigenvalue weighted by Crippen LogP contribution is 2.38. The molecular weight excluding hydrogens is 402 g/mol. The lowest BCUT2D eigenvalue weighted by atomic mass is 10.2. The summed E-state index contributed by atoms with van der Waals surface area (Å²) in [6.45, 7) is 1.04. The first-order valence-corrected chi connectivity index (χ1v) is 9.34. The van der Waals surface area contributed by atoms with Crippen molar-refractivity contribution >= 4 is 34.3 Å². The number of benzene rings is 2. The van der Waals surface area contributed by atoms with Gasteiger partial charge in [0.2, 0.25) is 11.8 Å². The third kappa shape index (κ3) is 5.44. The first kappa shape index (κ1) is 21.5. The van der Waals surface area contributed by atoms with Crippen LogP contribution in [0.2, 0.25) is 0 Å². The quantitative estimate of drug-likeness (QED) is 0.474. The lowest BCUT2D eigenvalue weighted by Gasteiger charge is -2.06. The van der Waals surface area contributed by atoms with Crippen molar-refractivity contribution in [2.24, 2.45) is 16.0 Å². The number of aryl methyl sites for hydroxylation is 1. The van der Waals surface area contributed by atoms with Crippen LogP contribution in [-0.2, 0) is 20.9 Å². The molecule has 2 aromatic carbocycles. The molecule has 3 aromatic rings. The predicted molar refractivity (Wildman–Crippen MR) is 112 cm³/mol. The van der Waals surface area contributed by atoms with E-state index in [-0.39, 0.29) is 31.3 Å². The number of aromatic nitrogens is 1. The van der Waals surface area contributed by atoms with Gasteiger partial charge in [-0.15, -0.1) is 10.2 Å². The van der Waals surface area contributed by atoms with Gasteiger partial charge in [0.15, 0.2) is 12.3 Å². The molecule has 31 heavy (non-hydrogen) atoms. The molecule has 3 rings (SSSR count). The molecule has 4 N–H and O–H groups in total. The van der Waals surface area contributed by atoms with Gasteiger partial charge in [0, 0.05) is 5.39 Å². The van der Waals surface area contributed by atoms with E-state index < -0.39 is 17.7 Å². The van der Waals surface area contributed by atoms with Crippen LogP contribution in [0.15, 0.2) is 58.8 Å². The second kappa shape index (κ2) is 9.53. The average Bonchev–Trinajstić information content (AvgIpc) is 3.01. The molecule has 10 nitrogen and oxygen atoms in total. The van der Waals surface area contributed by atoms with Crippen molar-refractivity contribution in [2.45, 2.75) is 13.5 Å². The number of hydrogen-bond acceptors (Lipinski definition) is 6. The van der Waals surface area contributed by atoms with E-state index in [4.69, 9.17) is 10.5 Å². The Morgan fingerprint density at radius 3 is 2.55 bits per heavy atom. The van der Waals surface area contributed by atoms with Gasteiger partial charge >= 0.3 is 0 Å². The van der Waals surface area contributed by atoms with Crippen molar-refractivity contribution in [2.75, 3.05) is 13.2 Å². The number of hydrogen-bond donors (Lipinski definition) is 3. The summed E-state index contributed by atoms with van der Waals surface area (Å²) in [5.74, 6) is -1.67. The number of azo groups is 1. The van der Waals surface area contributed by atoms with E-state index in [1.807, 2.05) is 19.1 Å². The van der Waals surface area contributed by atoms with Crippen molar-refractivity contribution in [3.05, 3.63) is 54.1 Å². The molecule has 0 spiro atoms. The highest BCUT2D eigenvalue weighted by atomic mass is 16.5. The number of amides is 3. The van der Waals surface area contributed by atoms with E-state index >= 15 is 0 Å². The molecule has 0 aliphatic carbocycles. The van der Waals surface area contributed by atoms with Crippen LogP contribution in [0.25, 0.3) is 10.9 Å². The number of para-hydroxylation sites is 1. The number of nitrogens with one attached hydrogen (secondary N) is 1. The minimum absolute atomic E-state index is 0.0271. The van der Waals surface area contributed by atoms with Crippen LogP contribution in [0.4, 0.5) is 5.69 Å². The molecule has 0 atom stereocenters. The molecule has 0 fully saturated rings. The number of ether oxygens (including phenoxy) is 1. The minimum Gasteiger partial charge on any atom is -0.493 e. The third-order valence-corrected chi connectivity index (χ3v) is 4.32. The first-order valence-electron chi connectivity index (χ1n) is 9.34. The van der Waals surface area contributed by atoms with Crippen molar-refractivity contribution in [1.82, 2.24) is 9.88 Å². The monoisotopic (exact) mass is 423 g/mol. The molecule has 0 aliphatic heterocycles. The Morgan fingerprint density at radius 1 is 1.13 bits per heavy atom. The summed E-state index contributed by atoms with van der Waals surface area (Å²) < 4.78 is 6.61. The second-order valence-corrected chi connectivity index (χ2v) is 6.71. The van der Waals surface area contributed by atoms with Gasteiger partial charge in [0.1, 0.15) is 18.8 Å². The Labute approximate surface area is 177 Å². The maximum Gasteiger partial charge on any atom is 0.283 e. The standard InChI is InChI=1S/C21H21N5O5/c1-13-6-8-14(9-7-13)31-12-19(29)23-10-18(28)24-25-20-15-4-2-3-5-16(15)26(21(20)30)11-17(22)27/h2-9,30H,10-12H2,1H3,(H2,22,27)(H,23,29). The van der Waals surface area contributed by atoms with E-state index in [1.54, 1.807) is 36.4 Å². The summed E-state index contributed by atoms with van der Waals surface area (Å²) in [4.78, 5) is 35.1. The summed E-state index contributed by atoms with van der Waals surface area (Å²) in [7, 11) is 0. The van der Waals surface area contributed by atoms with Crippen molar-refractivity contribution in [1.29, 1.82) is 0 Å². The number of aromatic hydroxyl groups is 1. The molecule has 0 aliphatic rings. The molecule has 0 radical (unpaired) electrons. The number of primary amides is 1. The fourth-order valence-electron chi connectivity index (χ4n) is 2.84. The Bertz CT molecular complexity index is 1150. The third-order valence-electron chi connectivity index (χ3n) is 4.32. The summed E-state index contributed by atoms with van der Waals surface area (Å²) in [6.07, 6.45) is 0. The summed E-state index contributed by atoms with van der Waals surface area (Å²) >= 11 is 0. The molecule has 0 saturated heterocycles. The van der Waals surface area contributed by atoms with E-state index in [2.05, 4.69) is 15.5 Å². The van der Waals surface area contributed by atoms with Crippen molar-refractivity contribution in [3.8, 4) is 11.6 Å². The van der Waals surface area contributed by atoms with Gasteiger partial charge in [-0.25, -0.2) is 0 Å². The van der Waals surface area contributed by atoms with Crippen LogP contribution in [0.1, 0.15) is 5.56 Å². The minimum atomic E-state index is -0.727. The maximum atomic E-state index is 12.0. The first-order chi connectivity index (χ1) is 14.8. The van der Waals surface area contributed by atoms with E-state index in [1.165, 1.54) is 4.57 Å². The van der Waals surface area contributed by atoms with E-state index in [0.29, 0.717) is 16.7 Å². The fourth-order valence-corrected chi connectivity index (χ4v) is 2.84. The second-order valence-electron chi connectivity index (χ2n) is 6.71. The van der Waals surface area contributed by atoms with Crippen molar-refractivity contribution in [3.63, 3.8) is 0 Å². The highest BCUT2D eigenvalue weighted by Gasteiger charge is 2.18. The number of carbonyl (C=O) groups is 3. The zero-order chi connectivity index (χ0) is 22.4. The molecule has 0 bridgehead atoms. The van der Waals surface area contributed by atoms with Gasteiger partial charge in [-0.1, -0.05) is 35.9 Å². The Morgan fingerprint density at radius 2 is 1.84 bits per heavy atom. The average molecular weight is 423 g/mol. The predicted octanol–water partition coefficient (Wildman–Crippen LogP) is 1.95. The molecule has 160 valence electrons. The van der Waals surface area contributed by atoms with Crippen LogP contribution < -0.4 is 15.8 Å². The molecule has 1 heterocycles. The fraction of sp³-hybridized carbons (Fsp3) is 0.190. The number of rotatable bonds is 8. The largest absolute Gasteiger partial charge is 0.493 e. The zero-order valence-corrected chi connectivity index (χ0v) is 16.7.